The average molecular weight is 229 g/mol. The molecule has 0 aliphatic heterocycles. The number of thiophene rings is 1. The van der Waals surface area contributed by atoms with Crippen molar-refractivity contribution in [3.63, 3.8) is 0 Å². The predicted molar refractivity (Wildman–Crippen MR) is 64.5 cm³/mol. The fourth-order valence-corrected chi connectivity index (χ4v) is 2.07. The molecule has 1 aromatic heterocycles. The van der Waals surface area contributed by atoms with E-state index < -0.39 is 0 Å². The van der Waals surface area contributed by atoms with Crippen LogP contribution in [0.15, 0.2) is 35.7 Å². The van der Waals surface area contributed by atoms with E-state index in [0.717, 1.165) is 10.6 Å². The molecule has 0 unspecified atom stereocenters. The summed E-state index contributed by atoms with van der Waals surface area (Å²) in [5, 5.41) is 10.8. The van der Waals surface area contributed by atoms with Crippen molar-refractivity contribution in [2.45, 2.75) is 13.5 Å². The van der Waals surface area contributed by atoms with Crippen LogP contribution in [0.1, 0.15) is 16.0 Å². The smallest absolute Gasteiger partial charge is 0.124 e. The summed E-state index contributed by atoms with van der Waals surface area (Å²) in [4.78, 5) is 0.975. The van der Waals surface area contributed by atoms with Crippen molar-refractivity contribution in [3.05, 3.63) is 51.7 Å². The maximum atomic E-state index is 8.84. The molecule has 0 bridgehead atoms. The Balaban J connectivity index is 2.03. The van der Waals surface area contributed by atoms with Crippen LogP contribution in [0.25, 0.3) is 0 Å². The number of nitrogens with zero attached hydrogens (tertiary/aromatic N) is 1. The summed E-state index contributed by atoms with van der Waals surface area (Å²) in [5.74, 6) is 0.836. The van der Waals surface area contributed by atoms with E-state index in [4.69, 9.17) is 10.00 Å². The van der Waals surface area contributed by atoms with E-state index in [1.54, 1.807) is 11.3 Å². The molecule has 2 rings (SSSR count). The van der Waals surface area contributed by atoms with Gasteiger partial charge in [-0.2, -0.15) is 5.26 Å². The van der Waals surface area contributed by atoms with Gasteiger partial charge in [-0.15, -0.1) is 11.3 Å². The Morgan fingerprint density at radius 1 is 1.25 bits per heavy atom. The highest BCUT2D eigenvalue weighted by molar-refractivity contribution is 7.10. The highest BCUT2D eigenvalue weighted by Gasteiger charge is 2.03. The fourth-order valence-electron chi connectivity index (χ4n) is 1.34. The van der Waals surface area contributed by atoms with Crippen LogP contribution >= 0.6 is 11.3 Å². The Kier molecular flexibility index (Phi) is 3.23. The summed E-state index contributed by atoms with van der Waals surface area (Å²) < 4.78 is 5.61. The Morgan fingerprint density at radius 2 is 2.00 bits per heavy atom. The third-order valence-corrected chi connectivity index (χ3v) is 3.15. The van der Waals surface area contributed by atoms with Crippen molar-refractivity contribution in [2.24, 2.45) is 0 Å². The standard InChI is InChI=1S/C13H11NOS/c1-10-2-4-12(5-3-10)15-9-13-11(8-14)6-7-16-13/h2-7H,9H2,1H3. The largest absolute Gasteiger partial charge is 0.488 e. The Bertz CT molecular complexity index is 507. The number of hydrogen-bond acceptors (Lipinski definition) is 3. The lowest BCUT2D eigenvalue weighted by Gasteiger charge is -2.04. The summed E-state index contributed by atoms with van der Waals surface area (Å²) in [6, 6.07) is 11.9. The van der Waals surface area contributed by atoms with E-state index in [-0.39, 0.29) is 0 Å². The van der Waals surface area contributed by atoms with Gasteiger partial charge < -0.3 is 4.74 Å². The Labute approximate surface area is 98.7 Å². The number of hydrogen-bond donors (Lipinski definition) is 0. The molecule has 2 nitrogen and oxygen atoms in total. The quantitative estimate of drug-likeness (QED) is 0.807. The molecule has 1 aromatic carbocycles. The van der Waals surface area contributed by atoms with Crippen LogP contribution in [0.5, 0.6) is 5.75 Å². The van der Waals surface area contributed by atoms with Gasteiger partial charge in [-0.3, -0.25) is 0 Å². The van der Waals surface area contributed by atoms with E-state index in [2.05, 4.69) is 6.07 Å². The third kappa shape index (κ3) is 2.41. The van der Waals surface area contributed by atoms with E-state index in [9.17, 15) is 0 Å². The topological polar surface area (TPSA) is 33.0 Å². The van der Waals surface area contributed by atoms with E-state index in [1.165, 1.54) is 5.56 Å². The maximum Gasteiger partial charge on any atom is 0.124 e. The fraction of sp³-hybridized carbons (Fsp3) is 0.154. The molecular weight excluding hydrogens is 218 g/mol. The van der Waals surface area contributed by atoms with Gasteiger partial charge in [-0.1, -0.05) is 17.7 Å². The van der Waals surface area contributed by atoms with Crippen LogP contribution in [0.3, 0.4) is 0 Å². The molecule has 0 saturated carbocycles. The Hall–Kier alpha value is -1.79. The van der Waals surface area contributed by atoms with E-state index >= 15 is 0 Å². The summed E-state index contributed by atoms with van der Waals surface area (Å²) in [5.41, 5.74) is 1.92. The second kappa shape index (κ2) is 4.82. The molecule has 0 radical (unpaired) electrons. The second-order valence-electron chi connectivity index (χ2n) is 3.47. The summed E-state index contributed by atoms with van der Waals surface area (Å²) in [6.07, 6.45) is 0. The monoisotopic (exact) mass is 229 g/mol. The SMILES string of the molecule is Cc1ccc(OCc2sccc2C#N)cc1. The van der Waals surface area contributed by atoms with Gasteiger partial charge in [0.15, 0.2) is 0 Å². The van der Waals surface area contributed by atoms with Gasteiger partial charge in [-0.05, 0) is 30.5 Å². The molecule has 0 fully saturated rings. The first kappa shape index (κ1) is 10.7. The van der Waals surface area contributed by atoms with Crippen molar-refractivity contribution in [1.82, 2.24) is 0 Å². The van der Waals surface area contributed by atoms with Gasteiger partial charge in [-0.25, -0.2) is 0 Å². The van der Waals surface area contributed by atoms with Crippen molar-refractivity contribution in [1.29, 1.82) is 5.26 Å². The minimum Gasteiger partial charge on any atom is -0.488 e. The minimum absolute atomic E-state index is 0.462. The molecule has 1 heterocycles. The molecule has 2 aromatic rings. The second-order valence-corrected chi connectivity index (χ2v) is 4.47. The van der Waals surface area contributed by atoms with Crippen LogP contribution in [0.4, 0.5) is 0 Å². The number of benzene rings is 1. The van der Waals surface area contributed by atoms with Crippen LogP contribution < -0.4 is 4.74 Å². The maximum absolute atomic E-state index is 8.84. The van der Waals surface area contributed by atoms with E-state index in [0.29, 0.717) is 12.2 Å². The van der Waals surface area contributed by atoms with Gasteiger partial charge in [0.05, 0.1) is 10.4 Å². The third-order valence-electron chi connectivity index (χ3n) is 2.26. The lowest BCUT2D eigenvalue weighted by molar-refractivity contribution is 0.309. The average Bonchev–Trinajstić information content (AvgIpc) is 2.76. The number of rotatable bonds is 3. The number of ether oxygens (including phenoxy) is 1. The zero-order chi connectivity index (χ0) is 11.4. The van der Waals surface area contributed by atoms with Crippen LogP contribution in [0.2, 0.25) is 0 Å². The zero-order valence-electron chi connectivity index (χ0n) is 8.93. The molecule has 0 saturated heterocycles. The molecule has 16 heavy (non-hydrogen) atoms. The van der Waals surface area contributed by atoms with Gasteiger partial charge in [0.1, 0.15) is 18.4 Å². The number of aryl methyl sites for hydroxylation is 1. The normalized spacial score (nSPS) is 9.75. The highest BCUT2D eigenvalue weighted by atomic mass is 32.1. The Morgan fingerprint density at radius 3 is 2.69 bits per heavy atom. The molecule has 0 atom stereocenters. The van der Waals surface area contributed by atoms with Crippen molar-refractivity contribution in [3.8, 4) is 11.8 Å². The van der Waals surface area contributed by atoms with Crippen LogP contribution in [-0.4, -0.2) is 0 Å². The van der Waals surface area contributed by atoms with Gasteiger partial charge in [0, 0.05) is 0 Å². The van der Waals surface area contributed by atoms with Crippen molar-refractivity contribution >= 4 is 11.3 Å². The summed E-state index contributed by atoms with van der Waals surface area (Å²) in [6.45, 7) is 2.50. The van der Waals surface area contributed by atoms with Gasteiger partial charge in [0.25, 0.3) is 0 Å². The van der Waals surface area contributed by atoms with E-state index in [1.807, 2.05) is 42.6 Å². The molecule has 0 N–H and O–H groups in total. The molecule has 80 valence electrons. The molecule has 0 aliphatic carbocycles. The number of nitriles is 1. The lowest BCUT2D eigenvalue weighted by atomic mass is 10.2. The molecular formula is C13H11NOS. The molecule has 0 aliphatic rings. The zero-order valence-corrected chi connectivity index (χ0v) is 9.75. The summed E-state index contributed by atoms with van der Waals surface area (Å²) in [7, 11) is 0. The lowest BCUT2D eigenvalue weighted by Crippen LogP contribution is -1.94. The minimum atomic E-state index is 0.462. The van der Waals surface area contributed by atoms with Gasteiger partial charge >= 0.3 is 0 Å². The van der Waals surface area contributed by atoms with Crippen molar-refractivity contribution < 1.29 is 4.74 Å². The van der Waals surface area contributed by atoms with Crippen LogP contribution in [0, 0.1) is 18.3 Å². The molecule has 3 heteroatoms. The first-order valence-corrected chi connectivity index (χ1v) is 5.83. The summed E-state index contributed by atoms with van der Waals surface area (Å²) >= 11 is 1.55. The first-order chi connectivity index (χ1) is 7.79. The van der Waals surface area contributed by atoms with Gasteiger partial charge in [0.2, 0.25) is 0 Å². The van der Waals surface area contributed by atoms with Crippen molar-refractivity contribution in [2.75, 3.05) is 0 Å². The van der Waals surface area contributed by atoms with Crippen LogP contribution in [-0.2, 0) is 6.61 Å². The predicted octanol–water partition coefficient (Wildman–Crippen LogP) is 3.51. The molecule has 0 spiro atoms. The highest BCUT2D eigenvalue weighted by Crippen LogP contribution is 2.19. The first-order valence-electron chi connectivity index (χ1n) is 4.95. The molecule has 0 amide bonds.